The van der Waals surface area contributed by atoms with E-state index in [4.69, 9.17) is 0 Å². The molecule has 0 unspecified atom stereocenters. The Morgan fingerprint density at radius 3 is 2.44 bits per heavy atom. The molecular formula is C24H25N. The molecule has 0 aliphatic rings. The summed E-state index contributed by atoms with van der Waals surface area (Å²) in [5.74, 6) is 6.45. The maximum atomic E-state index is 4.36. The fraction of sp³-hybridized carbons (Fsp3) is 0.208. The van der Waals surface area contributed by atoms with Gasteiger partial charge in [-0.25, -0.2) is 0 Å². The van der Waals surface area contributed by atoms with E-state index < -0.39 is 0 Å². The Hall–Kier alpha value is -2.85. The third-order valence-corrected chi connectivity index (χ3v) is 3.82. The maximum Gasteiger partial charge on any atom is 0.0398 e. The van der Waals surface area contributed by atoms with Crippen molar-refractivity contribution in [3.8, 4) is 23.0 Å². The maximum absolute atomic E-state index is 4.36. The summed E-state index contributed by atoms with van der Waals surface area (Å²) >= 11 is 0. The fourth-order valence-electron chi connectivity index (χ4n) is 2.23. The number of benzene rings is 2. The van der Waals surface area contributed by atoms with E-state index in [0.717, 1.165) is 24.9 Å². The van der Waals surface area contributed by atoms with Crippen molar-refractivity contribution in [1.29, 1.82) is 0 Å². The van der Waals surface area contributed by atoms with Crippen LogP contribution >= 0.6 is 0 Å². The Bertz CT molecular complexity index is 781. The van der Waals surface area contributed by atoms with Gasteiger partial charge in [0.2, 0.25) is 0 Å². The Morgan fingerprint density at radius 2 is 1.72 bits per heavy atom. The van der Waals surface area contributed by atoms with Crippen LogP contribution in [0, 0.1) is 11.8 Å². The first-order valence-electron chi connectivity index (χ1n) is 8.73. The molecule has 0 aliphatic carbocycles. The first-order chi connectivity index (χ1) is 12.3. The molecule has 0 aromatic heterocycles. The summed E-state index contributed by atoms with van der Waals surface area (Å²) in [4.78, 5) is 4.36. The molecule has 0 atom stereocenters. The van der Waals surface area contributed by atoms with Crippen molar-refractivity contribution < 1.29 is 0 Å². The van der Waals surface area contributed by atoms with Gasteiger partial charge in [-0.1, -0.05) is 72.0 Å². The second kappa shape index (κ2) is 10.8. The summed E-state index contributed by atoms with van der Waals surface area (Å²) in [6.07, 6.45) is 9.84. The Labute approximate surface area is 151 Å². The van der Waals surface area contributed by atoms with Gasteiger partial charge in [-0.05, 0) is 49.6 Å². The molecule has 0 saturated heterocycles. The van der Waals surface area contributed by atoms with Gasteiger partial charge in [0.25, 0.3) is 0 Å². The molecule has 2 rings (SSSR count). The summed E-state index contributed by atoms with van der Waals surface area (Å²) in [6, 6.07) is 18.8. The summed E-state index contributed by atoms with van der Waals surface area (Å²) in [7, 11) is 0. The van der Waals surface area contributed by atoms with E-state index in [0.29, 0.717) is 0 Å². The van der Waals surface area contributed by atoms with Crippen molar-refractivity contribution in [1.82, 2.24) is 0 Å². The predicted octanol–water partition coefficient (Wildman–Crippen LogP) is 6.08. The zero-order chi connectivity index (χ0) is 17.7. The van der Waals surface area contributed by atoms with Gasteiger partial charge in [-0.15, -0.1) is 0 Å². The minimum atomic E-state index is 0.820. The van der Waals surface area contributed by atoms with Gasteiger partial charge in [0, 0.05) is 24.7 Å². The van der Waals surface area contributed by atoms with E-state index in [1.807, 2.05) is 25.3 Å². The van der Waals surface area contributed by atoms with Gasteiger partial charge < -0.3 is 0 Å². The highest BCUT2D eigenvalue weighted by atomic mass is 14.7. The molecule has 0 bridgehead atoms. The van der Waals surface area contributed by atoms with Gasteiger partial charge >= 0.3 is 0 Å². The molecule has 126 valence electrons. The lowest BCUT2D eigenvalue weighted by molar-refractivity contribution is 0.874. The highest BCUT2D eigenvalue weighted by molar-refractivity contribution is 5.71. The summed E-state index contributed by atoms with van der Waals surface area (Å²) < 4.78 is 0. The number of hydrogen-bond donors (Lipinski definition) is 0. The molecule has 0 spiro atoms. The van der Waals surface area contributed by atoms with Crippen LogP contribution in [0.5, 0.6) is 0 Å². The third-order valence-electron chi connectivity index (χ3n) is 3.82. The summed E-state index contributed by atoms with van der Waals surface area (Å²) in [6.45, 7) is 4.93. The van der Waals surface area contributed by atoms with Crippen LogP contribution in [0.15, 0.2) is 83.4 Å². The van der Waals surface area contributed by atoms with Crippen molar-refractivity contribution in [2.75, 3.05) is 6.54 Å². The van der Waals surface area contributed by atoms with E-state index in [9.17, 15) is 0 Å². The van der Waals surface area contributed by atoms with E-state index in [-0.39, 0.29) is 0 Å². The molecular weight excluding hydrogens is 302 g/mol. The van der Waals surface area contributed by atoms with Gasteiger partial charge in [-0.2, -0.15) is 0 Å². The molecule has 25 heavy (non-hydrogen) atoms. The molecule has 0 radical (unpaired) electrons. The van der Waals surface area contributed by atoms with Crippen LogP contribution in [0.3, 0.4) is 0 Å². The first kappa shape index (κ1) is 18.5. The first-order valence-corrected chi connectivity index (χ1v) is 8.73. The largest absolute Gasteiger partial charge is 0.293 e. The standard InChI is InChI=1S/C24H25N/c1-3-21(2)11-10-20-25-19-9-5-6-12-22-15-17-24(18-16-22)23-13-7-4-8-14-23/h3-4,7-8,10-11,13-18,20H,5,9,19H2,1-2H3/b11-10-,21-3-,25-20+. The molecule has 0 amide bonds. The van der Waals surface area contributed by atoms with Crippen molar-refractivity contribution in [2.24, 2.45) is 4.99 Å². The number of rotatable bonds is 6. The Morgan fingerprint density at radius 1 is 1.00 bits per heavy atom. The van der Waals surface area contributed by atoms with Gasteiger partial charge in [0.05, 0.1) is 0 Å². The van der Waals surface area contributed by atoms with Crippen molar-refractivity contribution in [3.63, 3.8) is 0 Å². The molecule has 0 aliphatic heterocycles. The summed E-state index contributed by atoms with van der Waals surface area (Å²) in [5.41, 5.74) is 4.77. The van der Waals surface area contributed by atoms with E-state index in [2.05, 4.69) is 84.4 Å². The van der Waals surface area contributed by atoms with Crippen LogP contribution in [0.4, 0.5) is 0 Å². The monoisotopic (exact) mass is 327 g/mol. The molecule has 0 heterocycles. The second-order valence-corrected chi connectivity index (χ2v) is 5.80. The Kier molecular flexibility index (Phi) is 8.01. The number of unbranched alkanes of at least 4 members (excludes halogenated alkanes) is 1. The van der Waals surface area contributed by atoms with Gasteiger partial charge in [-0.3, -0.25) is 4.99 Å². The van der Waals surface area contributed by atoms with Crippen molar-refractivity contribution >= 4 is 6.21 Å². The van der Waals surface area contributed by atoms with E-state index in [1.165, 1.54) is 16.7 Å². The third kappa shape index (κ3) is 7.06. The highest BCUT2D eigenvalue weighted by Gasteiger charge is 1.95. The summed E-state index contributed by atoms with van der Waals surface area (Å²) in [5, 5.41) is 0. The van der Waals surface area contributed by atoms with Crippen molar-refractivity contribution in [3.05, 3.63) is 84.0 Å². The van der Waals surface area contributed by atoms with Gasteiger partial charge in [0.1, 0.15) is 0 Å². The minimum Gasteiger partial charge on any atom is -0.293 e. The van der Waals surface area contributed by atoms with Crippen LogP contribution in [0.2, 0.25) is 0 Å². The molecule has 0 saturated carbocycles. The zero-order valence-corrected chi connectivity index (χ0v) is 15.1. The highest BCUT2D eigenvalue weighted by Crippen LogP contribution is 2.18. The smallest absolute Gasteiger partial charge is 0.0398 e. The lowest BCUT2D eigenvalue weighted by Gasteiger charge is -2.00. The number of aliphatic imine (C=N–C) groups is 1. The number of hydrogen-bond acceptors (Lipinski definition) is 1. The topological polar surface area (TPSA) is 12.4 Å². The SMILES string of the molecule is C\C=C(C)/C=C\C=N\CCCC#Cc1ccc(-c2ccccc2)cc1. The molecule has 0 fully saturated rings. The predicted molar refractivity (Wildman–Crippen MR) is 110 cm³/mol. The average Bonchev–Trinajstić information content (AvgIpc) is 2.67. The zero-order valence-electron chi connectivity index (χ0n) is 15.1. The normalized spacial score (nSPS) is 11.7. The van der Waals surface area contributed by atoms with Gasteiger partial charge in [0.15, 0.2) is 0 Å². The van der Waals surface area contributed by atoms with Crippen molar-refractivity contribution in [2.45, 2.75) is 26.7 Å². The fourth-order valence-corrected chi connectivity index (χ4v) is 2.23. The molecule has 1 heteroatoms. The lowest BCUT2D eigenvalue weighted by atomic mass is 10.0. The average molecular weight is 327 g/mol. The number of allylic oxidation sites excluding steroid dienone is 4. The minimum absolute atomic E-state index is 0.820. The second-order valence-electron chi connectivity index (χ2n) is 5.80. The Balaban J connectivity index is 1.75. The van der Waals surface area contributed by atoms with E-state index in [1.54, 1.807) is 0 Å². The molecule has 1 nitrogen and oxygen atoms in total. The molecule has 2 aromatic rings. The lowest BCUT2D eigenvalue weighted by Crippen LogP contribution is -1.81. The molecule has 2 aromatic carbocycles. The quantitative estimate of drug-likeness (QED) is 0.264. The number of nitrogens with zero attached hydrogens (tertiary/aromatic N) is 1. The molecule has 0 N–H and O–H groups in total. The van der Waals surface area contributed by atoms with Crippen LogP contribution < -0.4 is 0 Å². The van der Waals surface area contributed by atoms with Crippen LogP contribution in [0.25, 0.3) is 11.1 Å². The van der Waals surface area contributed by atoms with Crippen LogP contribution in [0.1, 0.15) is 32.3 Å². The van der Waals surface area contributed by atoms with E-state index >= 15 is 0 Å². The van der Waals surface area contributed by atoms with Crippen LogP contribution in [-0.4, -0.2) is 12.8 Å². The van der Waals surface area contributed by atoms with Crippen LogP contribution in [-0.2, 0) is 0 Å².